The fraction of sp³-hybridized carbons (Fsp3) is 0. The lowest BCUT2D eigenvalue weighted by molar-refractivity contribution is 0.628. The average Bonchev–Trinajstić information content (AvgIpc) is 2.89. The molecule has 0 aliphatic carbocycles. The molecule has 1 heterocycles. The van der Waals surface area contributed by atoms with E-state index in [-0.39, 0.29) is 5.82 Å². The van der Waals surface area contributed by atoms with E-state index in [1.807, 2.05) is 30.3 Å². The number of aromatic nitrogens is 2. The summed E-state index contributed by atoms with van der Waals surface area (Å²) >= 11 is 2.97. The van der Waals surface area contributed by atoms with Gasteiger partial charge in [-0.25, -0.2) is 4.39 Å². The van der Waals surface area contributed by atoms with Gasteiger partial charge in [-0.3, -0.25) is 0 Å². The summed E-state index contributed by atoms with van der Waals surface area (Å²) in [5, 5.41) is 4.14. The van der Waals surface area contributed by atoms with Crippen LogP contribution in [0, 0.1) is 5.82 Å². The first-order chi connectivity index (χ1) is 9.33. The summed E-state index contributed by atoms with van der Waals surface area (Å²) in [5.41, 5.74) is 1.69. The lowest BCUT2D eigenvalue weighted by Gasteiger charge is -2.01. The molecule has 0 aliphatic rings. The van der Waals surface area contributed by atoms with E-state index in [2.05, 4.69) is 9.59 Å². The van der Waals surface area contributed by atoms with Crippen LogP contribution in [-0.4, -0.2) is 9.59 Å². The van der Waals surface area contributed by atoms with E-state index in [1.54, 1.807) is 23.9 Å². The van der Waals surface area contributed by atoms with E-state index in [0.717, 1.165) is 20.4 Å². The molecule has 0 N–H and O–H groups in total. The van der Waals surface area contributed by atoms with Gasteiger partial charge >= 0.3 is 0 Å². The minimum Gasteiger partial charge on any atom is -0.207 e. The van der Waals surface area contributed by atoms with Gasteiger partial charge in [0, 0.05) is 10.5 Å². The van der Waals surface area contributed by atoms with Crippen LogP contribution in [0.4, 0.5) is 4.39 Å². The summed E-state index contributed by atoms with van der Waals surface area (Å²) in [4.78, 5) is 1.14. The third kappa shape index (κ3) is 2.83. The fourth-order valence-corrected chi connectivity index (χ4v) is 3.37. The zero-order chi connectivity index (χ0) is 13.1. The molecule has 19 heavy (non-hydrogen) atoms. The van der Waals surface area contributed by atoms with Crippen LogP contribution in [0.1, 0.15) is 0 Å². The van der Waals surface area contributed by atoms with Crippen LogP contribution >= 0.6 is 23.3 Å². The van der Waals surface area contributed by atoms with Crippen LogP contribution in [-0.2, 0) is 0 Å². The van der Waals surface area contributed by atoms with Crippen molar-refractivity contribution in [2.75, 3.05) is 0 Å². The molecular formula is C14H9FN2S2. The van der Waals surface area contributed by atoms with Gasteiger partial charge in [-0.15, -0.1) is 5.10 Å². The monoisotopic (exact) mass is 288 g/mol. The molecule has 0 bridgehead atoms. The Morgan fingerprint density at radius 1 is 0.947 bits per heavy atom. The van der Waals surface area contributed by atoms with Gasteiger partial charge in [-0.1, -0.05) is 34.4 Å². The zero-order valence-corrected chi connectivity index (χ0v) is 11.4. The Bertz CT molecular complexity index is 665. The Balaban J connectivity index is 1.92. The van der Waals surface area contributed by atoms with E-state index >= 15 is 0 Å². The number of halogens is 1. The lowest BCUT2D eigenvalue weighted by Crippen LogP contribution is -1.81. The second kappa shape index (κ2) is 5.50. The number of hydrogen-bond acceptors (Lipinski definition) is 4. The van der Waals surface area contributed by atoms with Gasteiger partial charge in [0.25, 0.3) is 0 Å². The van der Waals surface area contributed by atoms with Crippen molar-refractivity contribution in [3.8, 4) is 11.3 Å². The molecule has 0 amide bonds. The maximum absolute atomic E-state index is 12.9. The quantitative estimate of drug-likeness (QED) is 0.710. The molecule has 2 aromatic carbocycles. The lowest BCUT2D eigenvalue weighted by atomic mass is 10.2. The first kappa shape index (κ1) is 12.3. The summed E-state index contributed by atoms with van der Waals surface area (Å²) in [7, 11) is 0. The van der Waals surface area contributed by atoms with Crippen LogP contribution in [0.3, 0.4) is 0 Å². The molecule has 2 nitrogen and oxygen atoms in total. The predicted octanol–water partition coefficient (Wildman–Crippen LogP) is 4.50. The predicted molar refractivity (Wildman–Crippen MR) is 75.9 cm³/mol. The number of nitrogens with zero attached hydrogens (tertiary/aromatic N) is 2. The second-order valence-electron chi connectivity index (χ2n) is 3.83. The Hall–Kier alpha value is -1.72. The van der Waals surface area contributed by atoms with Gasteiger partial charge in [0.15, 0.2) is 0 Å². The maximum Gasteiger partial charge on any atom is 0.123 e. The molecule has 0 radical (unpaired) electrons. The summed E-state index contributed by atoms with van der Waals surface area (Å²) < 4.78 is 17.9. The fourth-order valence-electron chi connectivity index (χ4n) is 1.63. The molecule has 0 unspecified atom stereocenters. The summed E-state index contributed by atoms with van der Waals surface area (Å²) in [5.74, 6) is -0.246. The van der Waals surface area contributed by atoms with Gasteiger partial charge in [0.1, 0.15) is 15.7 Å². The Labute approximate surface area is 118 Å². The standard InChI is InChI=1S/C14H9FN2S2/c15-11-8-6-10(7-9-11)13-14(19-17-16-13)18-12-4-2-1-3-5-12/h1-9H. The summed E-state index contributed by atoms with van der Waals surface area (Å²) in [6.07, 6.45) is 0. The first-order valence-electron chi connectivity index (χ1n) is 5.64. The minimum atomic E-state index is -0.246. The molecule has 0 saturated carbocycles. The van der Waals surface area contributed by atoms with Crippen LogP contribution in [0.2, 0.25) is 0 Å². The van der Waals surface area contributed by atoms with E-state index in [0.29, 0.717) is 0 Å². The van der Waals surface area contributed by atoms with Crippen molar-refractivity contribution in [2.45, 2.75) is 9.10 Å². The van der Waals surface area contributed by atoms with Crippen LogP contribution in [0.25, 0.3) is 11.3 Å². The molecule has 0 aliphatic heterocycles. The third-order valence-corrected chi connectivity index (χ3v) is 4.41. The molecular weight excluding hydrogens is 279 g/mol. The van der Waals surface area contributed by atoms with E-state index < -0.39 is 0 Å². The zero-order valence-electron chi connectivity index (χ0n) is 9.79. The van der Waals surface area contributed by atoms with Crippen molar-refractivity contribution in [3.63, 3.8) is 0 Å². The maximum atomic E-state index is 12.9. The van der Waals surface area contributed by atoms with Gasteiger partial charge in [0.2, 0.25) is 0 Å². The minimum absolute atomic E-state index is 0.246. The molecule has 0 spiro atoms. The largest absolute Gasteiger partial charge is 0.207 e. The first-order valence-corrected chi connectivity index (χ1v) is 7.23. The number of hydrogen-bond donors (Lipinski definition) is 0. The Morgan fingerprint density at radius 2 is 1.68 bits per heavy atom. The highest BCUT2D eigenvalue weighted by Crippen LogP contribution is 2.37. The number of rotatable bonds is 3. The molecule has 0 saturated heterocycles. The molecule has 0 atom stereocenters. The highest BCUT2D eigenvalue weighted by molar-refractivity contribution is 8.01. The van der Waals surface area contributed by atoms with Crippen molar-refractivity contribution in [1.29, 1.82) is 0 Å². The Morgan fingerprint density at radius 3 is 2.42 bits per heavy atom. The Kier molecular flexibility index (Phi) is 3.57. The van der Waals surface area contributed by atoms with Crippen molar-refractivity contribution in [2.24, 2.45) is 0 Å². The second-order valence-corrected chi connectivity index (χ2v) is 5.93. The molecule has 94 valence electrons. The third-order valence-electron chi connectivity index (χ3n) is 2.53. The van der Waals surface area contributed by atoms with Gasteiger partial charge < -0.3 is 0 Å². The van der Waals surface area contributed by atoms with Gasteiger partial charge in [-0.2, -0.15) is 0 Å². The van der Waals surface area contributed by atoms with Crippen LogP contribution < -0.4 is 0 Å². The number of benzene rings is 2. The van der Waals surface area contributed by atoms with Crippen molar-refractivity contribution in [1.82, 2.24) is 9.59 Å². The average molecular weight is 288 g/mol. The normalized spacial score (nSPS) is 10.6. The highest BCUT2D eigenvalue weighted by atomic mass is 32.2. The van der Waals surface area contributed by atoms with Crippen LogP contribution in [0.15, 0.2) is 63.7 Å². The van der Waals surface area contributed by atoms with Gasteiger partial charge in [-0.05, 0) is 47.9 Å². The summed E-state index contributed by atoms with van der Waals surface area (Å²) in [6, 6.07) is 16.4. The molecule has 3 aromatic rings. The highest BCUT2D eigenvalue weighted by Gasteiger charge is 2.11. The van der Waals surface area contributed by atoms with E-state index in [4.69, 9.17) is 0 Å². The van der Waals surface area contributed by atoms with E-state index in [9.17, 15) is 4.39 Å². The molecule has 3 rings (SSSR count). The van der Waals surface area contributed by atoms with Crippen molar-refractivity contribution >= 4 is 23.3 Å². The SMILES string of the molecule is Fc1ccc(-c2nnsc2Sc2ccccc2)cc1. The van der Waals surface area contributed by atoms with Gasteiger partial charge in [0.05, 0.1) is 0 Å². The topological polar surface area (TPSA) is 25.8 Å². The summed E-state index contributed by atoms with van der Waals surface area (Å²) in [6.45, 7) is 0. The molecule has 5 heteroatoms. The molecule has 1 aromatic heterocycles. The van der Waals surface area contributed by atoms with Crippen molar-refractivity contribution < 1.29 is 4.39 Å². The molecule has 0 fully saturated rings. The van der Waals surface area contributed by atoms with Crippen molar-refractivity contribution in [3.05, 3.63) is 60.4 Å². The van der Waals surface area contributed by atoms with E-state index in [1.165, 1.54) is 23.7 Å². The smallest absolute Gasteiger partial charge is 0.123 e. The van der Waals surface area contributed by atoms with Crippen LogP contribution in [0.5, 0.6) is 0 Å².